The van der Waals surface area contributed by atoms with Gasteiger partial charge in [-0.05, 0) is 6.42 Å². The highest BCUT2D eigenvalue weighted by Crippen LogP contribution is 2.32. The van der Waals surface area contributed by atoms with Gasteiger partial charge in [-0.2, -0.15) is 0 Å². The maximum Gasteiger partial charge on any atom is 0.187 e. The molecule has 0 spiro atoms. The summed E-state index contributed by atoms with van der Waals surface area (Å²) in [6, 6.07) is -3.00. The summed E-state index contributed by atoms with van der Waals surface area (Å²) < 4.78 is 36.7. The van der Waals surface area contributed by atoms with Gasteiger partial charge in [0.1, 0.15) is 48.9 Å². The molecule has 14 atom stereocenters. The number of aliphatic hydroxyl groups is 5. The number of alkyl halides is 1. The van der Waals surface area contributed by atoms with Crippen LogP contribution in [0.3, 0.4) is 0 Å². The maximum atomic E-state index is 14.4. The van der Waals surface area contributed by atoms with Crippen molar-refractivity contribution in [3.63, 3.8) is 0 Å². The Bertz CT molecular complexity index is 596. The van der Waals surface area contributed by atoms with E-state index in [1.807, 2.05) is 0 Å². The van der Waals surface area contributed by atoms with Crippen LogP contribution in [0.4, 0.5) is 4.39 Å². The van der Waals surface area contributed by atoms with Gasteiger partial charge in [-0.15, -0.1) is 0 Å². The van der Waals surface area contributed by atoms with Gasteiger partial charge >= 0.3 is 0 Å². The predicted octanol–water partition coefficient (Wildman–Crippen LogP) is -5.68. The molecule has 0 aromatic rings. The third kappa shape index (κ3) is 4.86. The molecule has 0 aromatic carbocycles. The summed E-state index contributed by atoms with van der Waals surface area (Å²) in [7, 11) is 0. The number of aliphatic hydroxyl groups excluding tert-OH is 5. The van der Waals surface area contributed by atoms with Gasteiger partial charge in [-0.25, -0.2) is 4.39 Å². The fourth-order valence-electron chi connectivity index (χ4n) is 4.14. The Kier molecular flexibility index (Phi) is 8.18. The zero-order valence-corrected chi connectivity index (χ0v) is 16.8. The molecule has 0 unspecified atom stereocenters. The van der Waals surface area contributed by atoms with Crippen molar-refractivity contribution in [3.8, 4) is 0 Å². The van der Waals surface area contributed by atoms with Crippen LogP contribution < -0.4 is 22.9 Å². The van der Waals surface area contributed by atoms with Crippen molar-refractivity contribution in [3.05, 3.63) is 0 Å². The van der Waals surface area contributed by atoms with Gasteiger partial charge in [-0.1, -0.05) is 0 Å². The van der Waals surface area contributed by atoms with Gasteiger partial charge in [0.15, 0.2) is 12.6 Å². The Morgan fingerprint density at radius 1 is 0.806 bits per heavy atom. The summed E-state index contributed by atoms with van der Waals surface area (Å²) in [5.74, 6) is 0. The number of ether oxygens (including phenoxy) is 4. The summed E-state index contributed by atoms with van der Waals surface area (Å²) in [5, 5.41) is 49.8. The molecule has 1 saturated carbocycles. The molecule has 0 amide bonds. The van der Waals surface area contributed by atoms with E-state index in [2.05, 4.69) is 0 Å². The van der Waals surface area contributed by atoms with Crippen molar-refractivity contribution in [1.82, 2.24) is 0 Å². The Labute approximate surface area is 178 Å². The second-order valence-corrected chi connectivity index (χ2v) is 8.25. The van der Waals surface area contributed by atoms with E-state index < -0.39 is 92.3 Å². The Morgan fingerprint density at radius 3 is 2.00 bits per heavy atom. The molecule has 0 bridgehead atoms. The van der Waals surface area contributed by atoms with Crippen LogP contribution in [0.5, 0.6) is 0 Å². The molecule has 2 heterocycles. The van der Waals surface area contributed by atoms with Crippen LogP contribution in [-0.4, -0.2) is 124 Å². The number of halogens is 1. The molecule has 2 saturated heterocycles. The summed E-state index contributed by atoms with van der Waals surface area (Å²) in [5.41, 5.74) is 23.4. The molecule has 3 aliphatic rings. The zero-order chi connectivity index (χ0) is 23.0. The molecule has 3 rings (SSSR count). The predicted molar refractivity (Wildman–Crippen MR) is 101 cm³/mol. The van der Waals surface area contributed by atoms with Gasteiger partial charge in [0, 0.05) is 18.6 Å². The summed E-state index contributed by atoms with van der Waals surface area (Å²) >= 11 is 0. The highest BCUT2D eigenvalue weighted by molar-refractivity contribution is 5.01. The first kappa shape index (κ1) is 25.0. The van der Waals surface area contributed by atoms with E-state index in [-0.39, 0.29) is 13.0 Å². The summed E-state index contributed by atoms with van der Waals surface area (Å²) in [4.78, 5) is 0. The maximum absolute atomic E-state index is 14.4. The van der Waals surface area contributed by atoms with Crippen molar-refractivity contribution < 1.29 is 48.9 Å². The lowest BCUT2D eigenvalue weighted by Gasteiger charge is -2.46. The van der Waals surface area contributed by atoms with E-state index in [0.29, 0.717) is 0 Å². The second-order valence-electron chi connectivity index (χ2n) is 8.25. The number of nitrogens with two attached hydrogens (primary N) is 4. The van der Waals surface area contributed by atoms with E-state index in [4.69, 9.17) is 41.9 Å². The van der Waals surface area contributed by atoms with Gasteiger partial charge in [0.25, 0.3) is 0 Å². The van der Waals surface area contributed by atoms with E-state index in [1.54, 1.807) is 0 Å². The quantitative estimate of drug-likeness (QED) is 0.181. The lowest BCUT2D eigenvalue weighted by atomic mass is 9.84. The molecule has 1 aliphatic carbocycles. The smallest absolute Gasteiger partial charge is 0.187 e. The molecular weight excluding hydrogens is 423 g/mol. The average molecular weight is 456 g/mol. The Balaban J connectivity index is 1.78. The van der Waals surface area contributed by atoms with Crippen molar-refractivity contribution in [2.24, 2.45) is 22.9 Å². The standard InChI is InChI=1S/C17H33FN4O9/c18-8-9(22)16(28-6(2-19)11(8)25)30-14-5(21)1-4(20)10(24)15(14)31-17-13(27)12(26)7(3-23)29-17/h4-17,23-27H,1-3,19-22H2/t4-,5+,6-,7-,8+,9-,10+,11-,12-,13-,14-,15-,16-,17+/m1/s1. The van der Waals surface area contributed by atoms with Crippen LogP contribution >= 0.6 is 0 Å². The average Bonchev–Trinajstić information content (AvgIpc) is 3.02. The third-order valence-electron chi connectivity index (χ3n) is 6.08. The largest absolute Gasteiger partial charge is 0.394 e. The van der Waals surface area contributed by atoms with Gasteiger partial charge in [0.05, 0.1) is 18.8 Å². The Hall–Kier alpha value is -0.590. The first-order chi connectivity index (χ1) is 14.6. The minimum atomic E-state index is -1.89. The number of rotatable bonds is 6. The molecule has 31 heavy (non-hydrogen) atoms. The molecule has 3 fully saturated rings. The first-order valence-electron chi connectivity index (χ1n) is 10.2. The van der Waals surface area contributed by atoms with E-state index in [1.165, 1.54) is 0 Å². The summed E-state index contributed by atoms with van der Waals surface area (Å²) in [6.07, 6.45) is -15.0. The molecule has 14 heteroatoms. The molecule has 13 N–H and O–H groups in total. The van der Waals surface area contributed by atoms with Gasteiger partial charge in [0.2, 0.25) is 0 Å². The molecule has 0 aromatic heterocycles. The van der Waals surface area contributed by atoms with Crippen molar-refractivity contribution in [2.45, 2.75) is 92.1 Å². The SMILES string of the molecule is NC[C@H]1O[C@H](O[C@H]2[C@H](O[C@@H]3O[C@H](CO)[C@@H](O)[C@H]3O)[C@@H](O)[C@H](N)C[C@@H]2N)[C@H](N)[C@H](F)[C@@H]1O. The lowest BCUT2D eigenvalue weighted by molar-refractivity contribution is -0.302. The van der Waals surface area contributed by atoms with Gasteiger partial charge < -0.3 is 67.4 Å². The highest BCUT2D eigenvalue weighted by Gasteiger charge is 2.52. The van der Waals surface area contributed by atoms with Crippen LogP contribution in [0.1, 0.15) is 6.42 Å². The van der Waals surface area contributed by atoms with Crippen molar-refractivity contribution >= 4 is 0 Å². The van der Waals surface area contributed by atoms with Crippen LogP contribution in [0.25, 0.3) is 0 Å². The monoisotopic (exact) mass is 456 g/mol. The van der Waals surface area contributed by atoms with Crippen LogP contribution in [0, 0.1) is 0 Å². The van der Waals surface area contributed by atoms with Crippen molar-refractivity contribution in [2.75, 3.05) is 13.2 Å². The first-order valence-corrected chi connectivity index (χ1v) is 10.2. The van der Waals surface area contributed by atoms with Crippen molar-refractivity contribution in [1.29, 1.82) is 0 Å². The normalized spacial score (nSPS) is 53.6. The second kappa shape index (κ2) is 10.1. The lowest BCUT2D eigenvalue weighted by Crippen LogP contribution is -2.67. The third-order valence-corrected chi connectivity index (χ3v) is 6.08. The number of hydrogen-bond donors (Lipinski definition) is 9. The highest BCUT2D eigenvalue weighted by atomic mass is 19.1. The minimum absolute atomic E-state index is 0.117. The Morgan fingerprint density at radius 2 is 1.42 bits per heavy atom. The fraction of sp³-hybridized carbons (Fsp3) is 1.00. The fourth-order valence-corrected chi connectivity index (χ4v) is 4.14. The van der Waals surface area contributed by atoms with Crippen LogP contribution in [0.2, 0.25) is 0 Å². The van der Waals surface area contributed by atoms with E-state index in [9.17, 15) is 29.9 Å². The molecule has 13 nitrogen and oxygen atoms in total. The molecule has 182 valence electrons. The van der Waals surface area contributed by atoms with Gasteiger partial charge in [-0.3, -0.25) is 0 Å². The topological polar surface area (TPSA) is 242 Å². The van der Waals surface area contributed by atoms with E-state index >= 15 is 0 Å². The molecule has 0 radical (unpaired) electrons. The van der Waals surface area contributed by atoms with E-state index in [0.717, 1.165) is 0 Å². The minimum Gasteiger partial charge on any atom is -0.394 e. The zero-order valence-electron chi connectivity index (χ0n) is 16.8. The van der Waals surface area contributed by atoms with Crippen LogP contribution in [0.15, 0.2) is 0 Å². The number of hydrogen-bond acceptors (Lipinski definition) is 13. The molecule has 2 aliphatic heterocycles. The van der Waals surface area contributed by atoms with Crippen LogP contribution in [-0.2, 0) is 18.9 Å². The molecular formula is C17H33FN4O9. The summed E-state index contributed by atoms with van der Waals surface area (Å²) in [6.45, 7) is -0.767.